The minimum absolute atomic E-state index is 0.210. The van der Waals surface area contributed by atoms with Crippen molar-refractivity contribution in [1.29, 1.82) is 0 Å². The molecule has 6 heteroatoms. The first kappa shape index (κ1) is 11.1. The Labute approximate surface area is 97.6 Å². The Morgan fingerprint density at radius 2 is 2.40 bits per heavy atom. The molecule has 1 fully saturated rings. The maximum Gasteiger partial charge on any atom is 0.294 e. The first-order valence-corrected chi connectivity index (χ1v) is 6.36. The van der Waals surface area contributed by atoms with Crippen molar-refractivity contribution in [3.8, 4) is 5.19 Å². The summed E-state index contributed by atoms with van der Waals surface area (Å²) in [5.74, 6) is 0.390. The minimum Gasteiger partial charge on any atom is -0.466 e. The summed E-state index contributed by atoms with van der Waals surface area (Å²) in [6.07, 6.45) is 3.66. The Hall–Kier alpha value is -0.390. The third kappa shape index (κ3) is 3.29. The Morgan fingerprint density at radius 3 is 3.07 bits per heavy atom. The molecule has 15 heavy (non-hydrogen) atoms. The molecule has 84 valence electrons. The van der Waals surface area contributed by atoms with E-state index in [1.807, 2.05) is 0 Å². The van der Waals surface area contributed by atoms with Gasteiger partial charge in [0.05, 0.1) is 12.0 Å². The molecule has 1 aromatic rings. The van der Waals surface area contributed by atoms with Crippen LogP contribution >= 0.6 is 22.9 Å². The topological polar surface area (TPSA) is 44.2 Å². The van der Waals surface area contributed by atoms with E-state index in [0.717, 1.165) is 24.5 Å². The molecular formula is C9H13ClN2O2S. The van der Waals surface area contributed by atoms with Gasteiger partial charge in [-0.3, -0.25) is 0 Å². The summed E-state index contributed by atoms with van der Waals surface area (Å²) in [6.45, 7) is 1.41. The molecule has 0 radical (unpaired) electrons. The summed E-state index contributed by atoms with van der Waals surface area (Å²) >= 11 is 7.01. The second-order valence-corrected chi connectivity index (χ2v) is 4.69. The summed E-state index contributed by atoms with van der Waals surface area (Å²) in [5, 5.41) is 9.12. The molecule has 0 bridgehead atoms. The number of nitrogens with zero attached hydrogens (tertiary/aromatic N) is 2. The molecule has 0 aromatic carbocycles. The number of rotatable bonds is 4. The molecule has 1 aliphatic heterocycles. The van der Waals surface area contributed by atoms with Crippen LogP contribution in [0, 0.1) is 0 Å². The predicted octanol–water partition coefficient (Wildman–Crippen LogP) is 2.22. The second-order valence-electron chi connectivity index (χ2n) is 3.39. The fraction of sp³-hybridized carbons (Fsp3) is 0.778. The van der Waals surface area contributed by atoms with Gasteiger partial charge in [-0.05, 0) is 19.3 Å². The van der Waals surface area contributed by atoms with E-state index < -0.39 is 0 Å². The molecule has 1 aliphatic rings. The zero-order valence-corrected chi connectivity index (χ0v) is 9.89. The lowest BCUT2D eigenvalue weighted by molar-refractivity contribution is -0.0112. The van der Waals surface area contributed by atoms with Gasteiger partial charge in [0, 0.05) is 6.61 Å². The molecule has 4 nitrogen and oxygen atoms in total. The number of halogens is 1. The molecule has 0 spiro atoms. The number of hydrogen-bond donors (Lipinski definition) is 0. The van der Waals surface area contributed by atoms with E-state index in [4.69, 9.17) is 21.1 Å². The van der Waals surface area contributed by atoms with Gasteiger partial charge in [-0.2, -0.15) is 0 Å². The van der Waals surface area contributed by atoms with Crippen LogP contribution in [0.1, 0.15) is 24.3 Å². The largest absolute Gasteiger partial charge is 0.466 e. The van der Waals surface area contributed by atoms with Gasteiger partial charge in [0.2, 0.25) is 0 Å². The maximum absolute atomic E-state index is 5.62. The molecule has 2 rings (SSSR count). The van der Waals surface area contributed by atoms with Crippen molar-refractivity contribution in [2.45, 2.75) is 31.2 Å². The Kier molecular flexibility index (Phi) is 4.17. The summed E-state index contributed by atoms with van der Waals surface area (Å²) in [6, 6.07) is 0. The monoisotopic (exact) mass is 248 g/mol. The van der Waals surface area contributed by atoms with Gasteiger partial charge < -0.3 is 9.47 Å². The maximum atomic E-state index is 5.62. The van der Waals surface area contributed by atoms with Crippen LogP contribution in [0.5, 0.6) is 5.19 Å². The van der Waals surface area contributed by atoms with Crippen molar-refractivity contribution in [2.24, 2.45) is 0 Å². The van der Waals surface area contributed by atoms with Crippen molar-refractivity contribution in [3.63, 3.8) is 0 Å². The molecule has 2 heterocycles. The predicted molar refractivity (Wildman–Crippen MR) is 58.6 cm³/mol. The highest BCUT2D eigenvalue weighted by atomic mass is 35.5. The molecule has 1 atom stereocenters. The van der Waals surface area contributed by atoms with Gasteiger partial charge in [0.1, 0.15) is 11.6 Å². The van der Waals surface area contributed by atoms with Crippen LogP contribution in [0.25, 0.3) is 0 Å². The van der Waals surface area contributed by atoms with Crippen LogP contribution < -0.4 is 4.74 Å². The van der Waals surface area contributed by atoms with Crippen LogP contribution in [0.15, 0.2) is 0 Å². The third-order valence-electron chi connectivity index (χ3n) is 2.23. The first-order valence-electron chi connectivity index (χ1n) is 5.01. The van der Waals surface area contributed by atoms with E-state index in [2.05, 4.69) is 10.2 Å². The van der Waals surface area contributed by atoms with Gasteiger partial charge in [-0.15, -0.1) is 21.8 Å². The van der Waals surface area contributed by atoms with E-state index in [9.17, 15) is 0 Å². The number of hydrogen-bond acceptors (Lipinski definition) is 5. The van der Waals surface area contributed by atoms with Crippen LogP contribution in [0.2, 0.25) is 0 Å². The van der Waals surface area contributed by atoms with Gasteiger partial charge in [0.25, 0.3) is 5.19 Å². The van der Waals surface area contributed by atoms with Gasteiger partial charge in [0.15, 0.2) is 0 Å². The molecule has 0 N–H and O–H groups in total. The van der Waals surface area contributed by atoms with Crippen LogP contribution in [-0.2, 0) is 10.6 Å². The number of aromatic nitrogens is 2. The Bertz CT molecular complexity index is 302. The van der Waals surface area contributed by atoms with E-state index in [-0.39, 0.29) is 6.10 Å². The zero-order valence-electron chi connectivity index (χ0n) is 8.32. The van der Waals surface area contributed by atoms with Crippen LogP contribution in [0.3, 0.4) is 0 Å². The van der Waals surface area contributed by atoms with Crippen molar-refractivity contribution in [2.75, 3.05) is 13.2 Å². The van der Waals surface area contributed by atoms with Gasteiger partial charge >= 0.3 is 0 Å². The highest BCUT2D eigenvalue weighted by Crippen LogP contribution is 2.20. The van der Waals surface area contributed by atoms with E-state index >= 15 is 0 Å². The molecule has 0 saturated carbocycles. The quantitative estimate of drug-likeness (QED) is 0.767. The molecule has 1 saturated heterocycles. The standard InChI is InChI=1S/C9H13ClN2O2S/c10-5-8-11-12-9(15-8)14-6-7-3-1-2-4-13-7/h7H,1-6H2. The highest BCUT2D eigenvalue weighted by molar-refractivity contribution is 7.13. The molecule has 0 amide bonds. The van der Waals surface area contributed by atoms with Crippen molar-refractivity contribution >= 4 is 22.9 Å². The second kappa shape index (κ2) is 5.63. The fourth-order valence-corrected chi connectivity index (χ4v) is 2.22. The number of alkyl halides is 1. The van der Waals surface area contributed by atoms with Gasteiger partial charge in [-0.1, -0.05) is 11.3 Å². The molecular weight excluding hydrogens is 236 g/mol. The normalized spacial score (nSPS) is 21.5. The van der Waals surface area contributed by atoms with Crippen molar-refractivity contribution in [1.82, 2.24) is 10.2 Å². The van der Waals surface area contributed by atoms with Gasteiger partial charge in [-0.25, -0.2) is 0 Å². The van der Waals surface area contributed by atoms with Crippen LogP contribution in [0.4, 0.5) is 0 Å². The molecule has 1 aromatic heterocycles. The summed E-state index contributed by atoms with van der Waals surface area (Å²) in [7, 11) is 0. The average Bonchev–Trinajstić information content (AvgIpc) is 2.76. The van der Waals surface area contributed by atoms with E-state index in [1.54, 1.807) is 0 Å². The third-order valence-corrected chi connectivity index (χ3v) is 3.48. The average molecular weight is 249 g/mol. The minimum atomic E-state index is 0.210. The molecule has 1 unspecified atom stereocenters. The van der Waals surface area contributed by atoms with E-state index in [0.29, 0.717) is 17.7 Å². The first-order chi connectivity index (χ1) is 7.38. The Morgan fingerprint density at radius 1 is 1.47 bits per heavy atom. The highest BCUT2D eigenvalue weighted by Gasteiger charge is 2.15. The smallest absolute Gasteiger partial charge is 0.294 e. The Balaban J connectivity index is 1.76. The summed E-state index contributed by atoms with van der Waals surface area (Å²) in [5.41, 5.74) is 0. The van der Waals surface area contributed by atoms with Crippen molar-refractivity contribution in [3.05, 3.63) is 5.01 Å². The lowest BCUT2D eigenvalue weighted by Gasteiger charge is -2.21. The fourth-order valence-electron chi connectivity index (χ4n) is 1.45. The zero-order chi connectivity index (χ0) is 10.5. The molecule has 0 aliphatic carbocycles. The summed E-state index contributed by atoms with van der Waals surface area (Å²) in [4.78, 5) is 0. The lowest BCUT2D eigenvalue weighted by atomic mass is 10.1. The SMILES string of the molecule is ClCc1nnc(OCC2CCCCO2)s1. The van der Waals surface area contributed by atoms with Crippen LogP contribution in [-0.4, -0.2) is 29.5 Å². The van der Waals surface area contributed by atoms with E-state index in [1.165, 1.54) is 17.8 Å². The summed E-state index contributed by atoms with van der Waals surface area (Å²) < 4.78 is 11.0. The lowest BCUT2D eigenvalue weighted by Crippen LogP contribution is -2.25. The number of ether oxygens (including phenoxy) is 2. The van der Waals surface area contributed by atoms with Crippen molar-refractivity contribution < 1.29 is 9.47 Å².